The van der Waals surface area contributed by atoms with Crippen molar-refractivity contribution in [1.82, 2.24) is 4.90 Å². The van der Waals surface area contributed by atoms with Crippen LogP contribution in [-0.4, -0.2) is 52.5 Å². The average Bonchev–Trinajstić information content (AvgIpc) is 3.19. The van der Waals surface area contributed by atoms with E-state index in [9.17, 15) is 0 Å². The minimum atomic E-state index is 0.242. The fourth-order valence-electron chi connectivity index (χ4n) is 7.64. The topological polar surface area (TPSA) is 30.9 Å². The van der Waals surface area contributed by atoms with Gasteiger partial charge < -0.3 is 19.1 Å². The number of hydrogen-bond donors (Lipinski definition) is 0. The summed E-state index contributed by atoms with van der Waals surface area (Å²) >= 11 is 0. The molecule has 4 nitrogen and oxygen atoms in total. The molecule has 3 unspecified atom stereocenters. The van der Waals surface area contributed by atoms with Crippen molar-refractivity contribution in [2.24, 2.45) is 17.3 Å². The minimum absolute atomic E-state index is 0.242. The number of likely N-dealkylation sites (N-methyl/N-ethyl adjacent to an activating group) is 1. The van der Waals surface area contributed by atoms with E-state index >= 15 is 0 Å². The van der Waals surface area contributed by atoms with Crippen LogP contribution in [0.2, 0.25) is 0 Å². The van der Waals surface area contributed by atoms with Crippen molar-refractivity contribution in [1.29, 1.82) is 0 Å². The van der Waals surface area contributed by atoms with Gasteiger partial charge in [-0.1, -0.05) is 25.1 Å². The molecule has 2 aromatic carbocycles. The highest BCUT2D eigenvalue weighted by atomic mass is 16.5. The molecule has 34 heavy (non-hydrogen) atoms. The van der Waals surface area contributed by atoms with Crippen LogP contribution in [0.1, 0.15) is 61.1 Å². The predicted molar refractivity (Wildman–Crippen MR) is 137 cm³/mol. The second-order valence-electron chi connectivity index (χ2n) is 11.2. The van der Waals surface area contributed by atoms with Gasteiger partial charge in [0.2, 0.25) is 0 Å². The first-order chi connectivity index (χ1) is 16.4. The Hall–Kier alpha value is -2.04. The van der Waals surface area contributed by atoms with E-state index in [1.54, 1.807) is 12.7 Å². The maximum Gasteiger partial charge on any atom is 0.119 e. The summed E-state index contributed by atoms with van der Waals surface area (Å²) in [6, 6.07) is 15.8. The van der Waals surface area contributed by atoms with Crippen LogP contribution >= 0.6 is 0 Å². The van der Waals surface area contributed by atoms with Crippen LogP contribution < -0.4 is 9.47 Å². The molecule has 0 heterocycles. The standard InChI is InChI=1S/C30H41NO3/c1-30-19-26(20-6-9-22(10-7-20)34-17-16-31(2)3)29-24-13-11-23(32-4)18-21(24)8-12-25(29)27(30)14-15-28(30)33-5/h6-7,9-11,13,18,25-29H,8,12,14-17,19H2,1-5H3/t25?,26-,27?,28+,29?,30+/m1/s1. The number of ether oxygens (including phenoxy) is 3. The fraction of sp³-hybridized carbons (Fsp3) is 0.600. The molecule has 0 aliphatic heterocycles. The normalized spacial score (nSPS) is 32.1. The second-order valence-corrected chi connectivity index (χ2v) is 11.2. The van der Waals surface area contributed by atoms with Gasteiger partial charge in [-0.25, -0.2) is 0 Å². The summed E-state index contributed by atoms with van der Waals surface area (Å²) in [4.78, 5) is 2.15. The highest BCUT2D eigenvalue weighted by Crippen LogP contribution is 2.65. The highest BCUT2D eigenvalue weighted by Gasteiger charge is 2.58. The predicted octanol–water partition coefficient (Wildman–Crippen LogP) is 5.90. The van der Waals surface area contributed by atoms with Crippen LogP contribution in [0.3, 0.4) is 0 Å². The molecule has 0 saturated heterocycles. The molecule has 0 amide bonds. The van der Waals surface area contributed by atoms with Crippen LogP contribution in [0.4, 0.5) is 0 Å². The van der Waals surface area contributed by atoms with Crippen molar-refractivity contribution in [2.75, 3.05) is 41.5 Å². The monoisotopic (exact) mass is 463 g/mol. The SMILES string of the molecule is COc1ccc2c(c1)CCC1C2[C@@H](c2ccc(OCCN(C)C)cc2)C[C@@]2(C)C1CC[C@@H]2OC. The van der Waals surface area contributed by atoms with Crippen LogP contribution in [-0.2, 0) is 11.2 Å². The Labute approximate surface area is 205 Å². The number of hydrogen-bond acceptors (Lipinski definition) is 4. The van der Waals surface area contributed by atoms with E-state index in [1.165, 1.54) is 36.8 Å². The molecule has 3 aliphatic carbocycles. The van der Waals surface area contributed by atoms with E-state index in [0.29, 0.717) is 30.5 Å². The Morgan fingerprint density at radius 1 is 0.971 bits per heavy atom. The number of rotatable bonds is 7. The molecule has 2 aromatic rings. The highest BCUT2D eigenvalue weighted by molar-refractivity contribution is 5.44. The third-order valence-electron chi connectivity index (χ3n) is 9.25. The Bertz CT molecular complexity index is 987. The summed E-state index contributed by atoms with van der Waals surface area (Å²) in [5.41, 5.74) is 4.72. The molecule has 0 spiro atoms. The Kier molecular flexibility index (Phi) is 6.65. The third-order valence-corrected chi connectivity index (χ3v) is 9.25. The summed E-state index contributed by atoms with van der Waals surface area (Å²) in [5.74, 6) is 4.44. The van der Waals surface area contributed by atoms with Gasteiger partial charge in [0.25, 0.3) is 0 Å². The van der Waals surface area contributed by atoms with Crippen molar-refractivity contribution in [3.8, 4) is 11.5 Å². The lowest BCUT2D eigenvalue weighted by Gasteiger charge is -2.54. The third kappa shape index (κ3) is 4.13. The van der Waals surface area contributed by atoms with E-state index in [4.69, 9.17) is 14.2 Å². The number of benzene rings is 2. The molecular formula is C30H41NO3. The Balaban J connectivity index is 1.49. The van der Waals surface area contributed by atoms with Gasteiger partial charge in [0.15, 0.2) is 0 Å². The van der Waals surface area contributed by atoms with Crippen molar-refractivity contribution in [3.63, 3.8) is 0 Å². The quantitative estimate of drug-likeness (QED) is 0.511. The molecule has 2 saturated carbocycles. The van der Waals surface area contributed by atoms with E-state index in [1.807, 2.05) is 7.11 Å². The summed E-state index contributed by atoms with van der Waals surface area (Å²) in [7, 11) is 7.84. The molecule has 3 aliphatic rings. The summed E-state index contributed by atoms with van der Waals surface area (Å²) in [6.07, 6.45) is 6.47. The van der Waals surface area contributed by atoms with E-state index < -0.39 is 0 Å². The first kappa shape index (κ1) is 23.7. The Morgan fingerprint density at radius 2 is 1.74 bits per heavy atom. The molecule has 4 heteroatoms. The van der Waals surface area contributed by atoms with Gasteiger partial charge in [-0.2, -0.15) is 0 Å². The maximum absolute atomic E-state index is 6.09. The van der Waals surface area contributed by atoms with Gasteiger partial charge >= 0.3 is 0 Å². The van der Waals surface area contributed by atoms with Gasteiger partial charge in [-0.15, -0.1) is 0 Å². The zero-order valence-electron chi connectivity index (χ0n) is 21.5. The minimum Gasteiger partial charge on any atom is -0.497 e. The van der Waals surface area contributed by atoms with E-state index in [0.717, 1.165) is 30.4 Å². The van der Waals surface area contributed by atoms with Crippen molar-refractivity contribution in [3.05, 3.63) is 59.2 Å². The largest absolute Gasteiger partial charge is 0.497 e. The number of methoxy groups -OCH3 is 2. The fourth-order valence-corrected chi connectivity index (χ4v) is 7.64. The molecule has 0 bridgehead atoms. The van der Waals surface area contributed by atoms with Crippen LogP contribution in [0.5, 0.6) is 11.5 Å². The van der Waals surface area contributed by atoms with Crippen molar-refractivity contribution < 1.29 is 14.2 Å². The average molecular weight is 464 g/mol. The first-order valence-corrected chi connectivity index (χ1v) is 13.0. The summed E-state index contributed by atoms with van der Waals surface area (Å²) in [5, 5.41) is 0. The smallest absolute Gasteiger partial charge is 0.119 e. The summed E-state index contributed by atoms with van der Waals surface area (Å²) in [6.45, 7) is 4.15. The van der Waals surface area contributed by atoms with Crippen LogP contribution in [0.25, 0.3) is 0 Å². The van der Waals surface area contributed by atoms with Gasteiger partial charge in [0.05, 0.1) is 13.2 Å². The maximum atomic E-state index is 6.09. The molecule has 184 valence electrons. The molecule has 2 fully saturated rings. The molecule has 5 rings (SSSR count). The lowest BCUT2D eigenvalue weighted by Crippen LogP contribution is -2.47. The molecular weight excluding hydrogens is 422 g/mol. The molecule has 6 atom stereocenters. The van der Waals surface area contributed by atoms with Gasteiger partial charge in [-0.3, -0.25) is 0 Å². The van der Waals surface area contributed by atoms with Crippen LogP contribution in [0.15, 0.2) is 42.5 Å². The van der Waals surface area contributed by atoms with Gasteiger partial charge in [-0.05, 0) is 116 Å². The number of aryl methyl sites for hydroxylation is 1. The Morgan fingerprint density at radius 3 is 2.44 bits per heavy atom. The zero-order valence-corrected chi connectivity index (χ0v) is 21.5. The van der Waals surface area contributed by atoms with E-state index in [2.05, 4.69) is 68.4 Å². The molecule has 0 N–H and O–H groups in total. The number of nitrogens with zero attached hydrogens (tertiary/aromatic N) is 1. The second kappa shape index (κ2) is 9.54. The first-order valence-electron chi connectivity index (χ1n) is 13.0. The number of fused-ring (bicyclic) bond motifs is 5. The van der Waals surface area contributed by atoms with Gasteiger partial charge in [0.1, 0.15) is 18.1 Å². The molecule has 0 aromatic heterocycles. The molecule has 0 radical (unpaired) electrons. The lowest BCUT2D eigenvalue weighted by molar-refractivity contribution is -0.0521. The lowest BCUT2D eigenvalue weighted by atomic mass is 9.51. The van der Waals surface area contributed by atoms with Crippen LogP contribution in [0, 0.1) is 17.3 Å². The summed E-state index contributed by atoms with van der Waals surface area (Å²) < 4.78 is 17.7. The van der Waals surface area contributed by atoms with Crippen molar-refractivity contribution in [2.45, 2.75) is 57.0 Å². The van der Waals surface area contributed by atoms with Crippen molar-refractivity contribution >= 4 is 0 Å². The van der Waals surface area contributed by atoms with E-state index in [-0.39, 0.29) is 5.41 Å². The van der Waals surface area contributed by atoms with Gasteiger partial charge in [0, 0.05) is 13.7 Å². The zero-order chi connectivity index (χ0) is 23.9.